The van der Waals surface area contributed by atoms with E-state index in [9.17, 15) is 4.79 Å². The van der Waals surface area contributed by atoms with E-state index in [-0.39, 0.29) is 12.1 Å². The summed E-state index contributed by atoms with van der Waals surface area (Å²) in [5.41, 5.74) is 7.75. The van der Waals surface area contributed by atoms with Gasteiger partial charge in [-0.3, -0.25) is 4.79 Å². The molecule has 0 saturated carbocycles. The Hall–Kier alpha value is -2.14. The van der Waals surface area contributed by atoms with Gasteiger partial charge >= 0.3 is 0 Å². The maximum absolute atomic E-state index is 12.0. The largest absolute Gasteiger partial charge is 0.494 e. The van der Waals surface area contributed by atoms with Gasteiger partial charge in [-0.25, -0.2) is 4.68 Å². The van der Waals surface area contributed by atoms with Gasteiger partial charge in [-0.2, -0.15) is 5.10 Å². The van der Waals surface area contributed by atoms with E-state index in [2.05, 4.69) is 12.0 Å². The Balaban J connectivity index is 2.44. The fourth-order valence-electron chi connectivity index (χ4n) is 2.06. The molecule has 0 spiro atoms. The molecule has 0 aliphatic rings. The van der Waals surface area contributed by atoms with Gasteiger partial charge in [0.2, 0.25) is 0 Å². The van der Waals surface area contributed by atoms with Crippen LogP contribution >= 0.6 is 0 Å². The molecule has 0 aliphatic heterocycles. The van der Waals surface area contributed by atoms with Crippen molar-refractivity contribution in [1.82, 2.24) is 9.78 Å². The van der Waals surface area contributed by atoms with Gasteiger partial charge in [-0.05, 0) is 31.5 Å². The number of hydrogen-bond donors (Lipinski definition) is 1. The summed E-state index contributed by atoms with van der Waals surface area (Å²) in [6.45, 7) is 5.36. The molecule has 0 unspecified atom stereocenters. The zero-order valence-corrected chi connectivity index (χ0v) is 12.5. The van der Waals surface area contributed by atoms with Crippen molar-refractivity contribution >= 4 is 0 Å². The molecule has 0 bridgehead atoms. The maximum Gasteiger partial charge on any atom is 0.271 e. The minimum atomic E-state index is -0.123. The molecule has 5 nitrogen and oxygen atoms in total. The van der Waals surface area contributed by atoms with E-state index in [0.29, 0.717) is 18.7 Å². The molecule has 0 radical (unpaired) electrons. The van der Waals surface area contributed by atoms with Crippen LogP contribution in [0.15, 0.2) is 35.1 Å². The summed E-state index contributed by atoms with van der Waals surface area (Å²) in [7, 11) is 0. The lowest BCUT2D eigenvalue weighted by molar-refractivity contribution is 0.317. The second-order valence-electron chi connectivity index (χ2n) is 4.76. The summed E-state index contributed by atoms with van der Waals surface area (Å²) in [4.78, 5) is 12.0. The molecule has 1 heterocycles. The monoisotopic (exact) mass is 287 g/mol. The van der Waals surface area contributed by atoms with Gasteiger partial charge in [0.05, 0.1) is 12.3 Å². The summed E-state index contributed by atoms with van der Waals surface area (Å²) in [6.07, 6.45) is 0.959. The van der Waals surface area contributed by atoms with Crippen molar-refractivity contribution in [3.05, 3.63) is 46.2 Å². The third kappa shape index (κ3) is 3.49. The summed E-state index contributed by atoms with van der Waals surface area (Å²) < 4.78 is 7.07. The Morgan fingerprint density at radius 3 is 2.76 bits per heavy atom. The zero-order valence-electron chi connectivity index (χ0n) is 12.5. The molecule has 21 heavy (non-hydrogen) atoms. The van der Waals surface area contributed by atoms with Gasteiger partial charge in [0.1, 0.15) is 5.75 Å². The lowest BCUT2D eigenvalue weighted by Crippen LogP contribution is -2.27. The van der Waals surface area contributed by atoms with Crippen molar-refractivity contribution in [3.63, 3.8) is 0 Å². The van der Waals surface area contributed by atoms with Crippen molar-refractivity contribution in [2.45, 2.75) is 33.4 Å². The van der Waals surface area contributed by atoms with Crippen LogP contribution in [-0.4, -0.2) is 16.4 Å². The first-order chi connectivity index (χ1) is 10.2. The van der Waals surface area contributed by atoms with Crippen LogP contribution in [0.1, 0.15) is 25.8 Å². The lowest BCUT2D eigenvalue weighted by Gasteiger charge is -2.10. The highest BCUT2D eigenvalue weighted by molar-refractivity contribution is 5.61. The Bertz CT molecular complexity index is 637. The van der Waals surface area contributed by atoms with E-state index in [0.717, 1.165) is 23.4 Å². The van der Waals surface area contributed by atoms with Crippen LogP contribution in [0.25, 0.3) is 11.3 Å². The van der Waals surface area contributed by atoms with E-state index < -0.39 is 0 Å². The Morgan fingerprint density at radius 2 is 2.10 bits per heavy atom. The first-order valence-electron chi connectivity index (χ1n) is 7.24. The van der Waals surface area contributed by atoms with Gasteiger partial charge in [-0.1, -0.05) is 19.1 Å². The lowest BCUT2D eigenvalue weighted by atomic mass is 10.1. The quantitative estimate of drug-likeness (QED) is 0.884. The SMILES string of the molecule is CCCOc1cccc(-c2cc(CN)c(=O)n(CC)n2)c1. The highest BCUT2D eigenvalue weighted by atomic mass is 16.5. The molecule has 0 fully saturated rings. The third-order valence-corrected chi connectivity index (χ3v) is 3.17. The number of benzene rings is 1. The van der Waals surface area contributed by atoms with E-state index in [1.54, 1.807) is 6.07 Å². The molecule has 0 atom stereocenters. The molecular formula is C16H21N3O2. The number of rotatable bonds is 6. The topological polar surface area (TPSA) is 70.1 Å². The van der Waals surface area contributed by atoms with Gasteiger partial charge in [-0.15, -0.1) is 0 Å². The number of ether oxygens (including phenoxy) is 1. The highest BCUT2D eigenvalue weighted by Gasteiger charge is 2.09. The molecular weight excluding hydrogens is 266 g/mol. The first-order valence-corrected chi connectivity index (χ1v) is 7.24. The van der Waals surface area contributed by atoms with Crippen molar-refractivity contribution in [2.75, 3.05) is 6.61 Å². The number of nitrogens with two attached hydrogens (primary N) is 1. The second kappa shape index (κ2) is 7.04. The number of aryl methyl sites for hydroxylation is 1. The Kier molecular flexibility index (Phi) is 5.11. The van der Waals surface area contributed by atoms with E-state index in [1.807, 2.05) is 31.2 Å². The normalized spacial score (nSPS) is 10.6. The third-order valence-electron chi connectivity index (χ3n) is 3.17. The first kappa shape index (κ1) is 15.3. The van der Waals surface area contributed by atoms with Crippen LogP contribution in [0.5, 0.6) is 5.75 Å². The summed E-state index contributed by atoms with van der Waals surface area (Å²) in [5.74, 6) is 0.805. The molecule has 0 amide bonds. The predicted molar refractivity (Wildman–Crippen MR) is 83.3 cm³/mol. The van der Waals surface area contributed by atoms with Crippen LogP contribution in [0.2, 0.25) is 0 Å². The van der Waals surface area contributed by atoms with Crippen LogP contribution in [0.4, 0.5) is 0 Å². The Labute approximate surface area is 124 Å². The molecule has 2 aromatic rings. The van der Waals surface area contributed by atoms with E-state index >= 15 is 0 Å². The minimum absolute atomic E-state index is 0.123. The van der Waals surface area contributed by atoms with Crippen molar-refractivity contribution < 1.29 is 4.74 Å². The van der Waals surface area contributed by atoms with E-state index in [4.69, 9.17) is 10.5 Å². The maximum atomic E-state index is 12.0. The van der Waals surface area contributed by atoms with Gasteiger partial charge < -0.3 is 10.5 Å². The number of hydrogen-bond acceptors (Lipinski definition) is 4. The molecule has 2 rings (SSSR count). The fraction of sp³-hybridized carbons (Fsp3) is 0.375. The number of nitrogens with zero attached hydrogens (tertiary/aromatic N) is 2. The predicted octanol–water partition coefficient (Wildman–Crippen LogP) is 2.18. The van der Waals surface area contributed by atoms with Gasteiger partial charge in [0, 0.05) is 24.2 Å². The summed E-state index contributed by atoms with van der Waals surface area (Å²) in [6, 6.07) is 9.48. The van der Waals surface area contributed by atoms with Crippen molar-refractivity contribution in [2.24, 2.45) is 5.73 Å². The highest BCUT2D eigenvalue weighted by Crippen LogP contribution is 2.22. The van der Waals surface area contributed by atoms with E-state index in [1.165, 1.54) is 4.68 Å². The minimum Gasteiger partial charge on any atom is -0.494 e. The van der Waals surface area contributed by atoms with Crippen LogP contribution in [0, 0.1) is 0 Å². The molecule has 112 valence electrons. The van der Waals surface area contributed by atoms with Crippen LogP contribution in [-0.2, 0) is 13.1 Å². The molecule has 5 heteroatoms. The molecule has 0 saturated heterocycles. The van der Waals surface area contributed by atoms with Crippen molar-refractivity contribution in [1.29, 1.82) is 0 Å². The average Bonchev–Trinajstić information content (AvgIpc) is 2.53. The van der Waals surface area contributed by atoms with Crippen LogP contribution < -0.4 is 16.0 Å². The Morgan fingerprint density at radius 1 is 1.29 bits per heavy atom. The fourth-order valence-corrected chi connectivity index (χ4v) is 2.06. The van der Waals surface area contributed by atoms with Gasteiger partial charge in [0.15, 0.2) is 0 Å². The zero-order chi connectivity index (χ0) is 15.2. The summed E-state index contributed by atoms with van der Waals surface area (Å²) in [5, 5.41) is 4.38. The molecule has 2 N–H and O–H groups in total. The van der Waals surface area contributed by atoms with Gasteiger partial charge in [0.25, 0.3) is 5.56 Å². The molecule has 1 aromatic carbocycles. The van der Waals surface area contributed by atoms with Crippen LogP contribution in [0.3, 0.4) is 0 Å². The smallest absolute Gasteiger partial charge is 0.271 e. The molecule has 0 aliphatic carbocycles. The standard InChI is InChI=1S/C16H21N3O2/c1-3-8-21-14-7-5-6-12(9-14)15-10-13(11-17)16(20)19(4-2)18-15/h5-7,9-10H,3-4,8,11,17H2,1-2H3. The average molecular weight is 287 g/mol. The summed E-state index contributed by atoms with van der Waals surface area (Å²) >= 11 is 0. The van der Waals surface area contributed by atoms with Crippen molar-refractivity contribution in [3.8, 4) is 17.0 Å². The molecule has 1 aromatic heterocycles. The second-order valence-corrected chi connectivity index (χ2v) is 4.76. The number of aromatic nitrogens is 2.